The standard InChI is InChI=1S/C17H11.C15H26.C5H5.2ClH.Zr/c1-3-7-14-12(5-1)9-10-16-15-8-4-2-6-13(15)11-17(14)16;1-12(14-7-3-4-8-14)11-13(2)15-9-5-6-10-15;1-2-4-5-3-1;;;/h1-11H;12-15H,3-10H2,1-2H3;1-3H,4H2;2*1H;/q;;;;;+2/p-2. The van der Waals surface area contributed by atoms with Gasteiger partial charge in [0, 0.05) is 0 Å². The van der Waals surface area contributed by atoms with Gasteiger partial charge >= 0.3 is 239 Å². The molecule has 0 N–H and O–H groups in total. The van der Waals surface area contributed by atoms with Crippen molar-refractivity contribution < 1.29 is 46.1 Å². The van der Waals surface area contributed by atoms with Crippen molar-refractivity contribution in [2.45, 2.75) is 75.3 Å². The van der Waals surface area contributed by atoms with Gasteiger partial charge < -0.3 is 24.8 Å². The number of benzene rings is 3. The van der Waals surface area contributed by atoms with Crippen LogP contribution < -0.4 is 24.8 Å². The van der Waals surface area contributed by atoms with Gasteiger partial charge in [-0.2, -0.15) is 0 Å². The summed E-state index contributed by atoms with van der Waals surface area (Å²) < 4.78 is 4.56. The van der Waals surface area contributed by atoms with Crippen molar-refractivity contribution in [3.63, 3.8) is 0 Å². The van der Waals surface area contributed by atoms with Gasteiger partial charge in [-0.05, 0) is 0 Å². The zero-order chi connectivity index (χ0) is 25.6. The van der Waals surface area contributed by atoms with Crippen LogP contribution in [0.5, 0.6) is 0 Å². The molecule has 4 aliphatic rings. The molecule has 3 heteroatoms. The minimum Gasteiger partial charge on any atom is -1.00 e. The summed E-state index contributed by atoms with van der Waals surface area (Å²) in [5, 5.41) is 2.93. The van der Waals surface area contributed by atoms with E-state index >= 15 is 0 Å². The molecule has 0 aromatic heterocycles. The van der Waals surface area contributed by atoms with Crippen molar-refractivity contribution in [3.05, 3.63) is 93.3 Å². The summed E-state index contributed by atoms with van der Waals surface area (Å²) in [4.78, 5) is 0. The van der Waals surface area contributed by atoms with Gasteiger partial charge in [0.15, 0.2) is 0 Å². The van der Waals surface area contributed by atoms with Crippen LogP contribution in [0.3, 0.4) is 0 Å². The molecule has 208 valence electrons. The van der Waals surface area contributed by atoms with Crippen molar-refractivity contribution in [2.24, 2.45) is 23.7 Å². The van der Waals surface area contributed by atoms with E-state index in [9.17, 15) is 0 Å². The van der Waals surface area contributed by atoms with E-state index in [-0.39, 0.29) is 24.8 Å². The van der Waals surface area contributed by atoms with Crippen LogP contribution in [0.15, 0.2) is 82.2 Å². The van der Waals surface area contributed by atoms with Crippen LogP contribution in [-0.2, 0) is 21.3 Å². The van der Waals surface area contributed by atoms with E-state index in [1.54, 1.807) is 11.1 Å². The molecule has 2 fully saturated rings. The monoisotopic (exact) mass is 646 g/mol. The Morgan fingerprint density at radius 2 is 1.35 bits per heavy atom. The number of allylic oxidation sites excluding steroid dienone is 4. The van der Waals surface area contributed by atoms with E-state index < -0.39 is 21.3 Å². The first kappa shape index (κ1) is 30.2. The SMILES string of the molecule is CC([C](C(C)C1CCCC1)=[Zr+2]([C]1=CC=CC1)[CH]1c2ccccc2-c2ccc3ccccc3c21)C1CCCC1.[Cl-].[Cl-]. The Morgan fingerprint density at radius 1 is 0.725 bits per heavy atom. The summed E-state index contributed by atoms with van der Waals surface area (Å²) in [6, 6.07) is 23.6. The molecular formula is C37H42Cl2Zr. The molecule has 4 aliphatic carbocycles. The molecule has 40 heavy (non-hydrogen) atoms. The minimum atomic E-state index is -2.39. The fourth-order valence-electron chi connectivity index (χ4n) is 8.80. The normalized spacial score (nSPS) is 21.1. The van der Waals surface area contributed by atoms with Gasteiger partial charge in [-0.25, -0.2) is 0 Å². The number of fused-ring (bicyclic) bond motifs is 5. The Morgan fingerprint density at radius 3 is 2.00 bits per heavy atom. The van der Waals surface area contributed by atoms with Gasteiger partial charge in [-0.15, -0.1) is 0 Å². The summed E-state index contributed by atoms with van der Waals surface area (Å²) in [6.45, 7) is 5.37. The minimum absolute atomic E-state index is 0. The molecule has 0 radical (unpaired) electrons. The van der Waals surface area contributed by atoms with Gasteiger partial charge in [0.05, 0.1) is 0 Å². The maximum Gasteiger partial charge on any atom is -1.00 e. The molecule has 3 unspecified atom stereocenters. The Bertz CT molecular complexity index is 1430. The summed E-state index contributed by atoms with van der Waals surface area (Å²) in [5.74, 6) is 3.36. The van der Waals surface area contributed by atoms with Gasteiger partial charge in [-0.1, -0.05) is 0 Å². The van der Waals surface area contributed by atoms with Crippen LogP contribution >= 0.6 is 0 Å². The van der Waals surface area contributed by atoms with E-state index in [4.69, 9.17) is 0 Å². The molecule has 0 nitrogen and oxygen atoms in total. The zero-order valence-electron chi connectivity index (χ0n) is 24.0. The van der Waals surface area contributed by atoms with Crippen molar-refractivity contribution in [3.8, 4) is 11.1 Å². The number of hydrogen-bond donors (Lipinski definition) is 0. The van der Waals surface area contributed by atoms with Crippen molar-refractivity contribution in [1.82, 2.24) is 0 Å². The smallest absolute Gasteiger partial charge is 1.00 e. The first-order chi connectivity index (χ1) is 18.7. The molecule has 3 aromatic carbocycles. The maximum absolute atomic E-state index is 2.69. The molecule has 3 atom stereocenters. The topological polar surface area (TPSA) is 0 Å². The fourth-order valence-corrected chi connectivity index (χ4v) is 19.4. The Labute approximate surface area is 261 Å². The molecule has 2 saturated carbocycles. The second-order valence-electron chi connectivity index (χ2n) is 12.6. The van der Waals surface area contributed by atoms with Gasteiger partial charge in [0.2, 0.25) is 0 Å². The summed E-state index contributed by atoms with van der Waals surface area (Å²) in [6.07, 6.45) is 20.2. The Kier molecular flexibility index (Phi) is 9.77. The average molecular weight is 649 g/mol. The molecule has 0 amide bonds. The van der Waals surface area contributed by atoms with Gasteiger partial charge in [0.25, 0.3) is 0 Å². The van der Waals surface area contributed by atoms with E-state index in [1.165, 1.54) is 79.7 Å². The van der Waals surface area contributed by atoms with Gasteiger partial charge in [-0.3, -0.25) is 0 Å². The largest absolute Gasteiger partial charge is 1.00 e. The molecule has 0 spiro atoms. The molecule has 0 aliphatic heterocycles. The molecule has 7 rings (SSSR count). The van der Waals surface area contributed by atoms with Crippen LogP contribution in [0.25, 0.3) is 21.9 Å². The maximum atomic E-state index is 2.69. The second-order valence-corrected chi connectivity index (χ2v) is 19.1. The van der Waals surface area contributed by atoms with Crippen LogP contribution in [0.4, 0.5) is 0 Å². The summed E-state index contributed by atoms with van der Waals surface area (Å²) >= 11 is -2.39. The fraction of sp³-hybridized carbons (Fsp3) is 0.432. The molecule has 3 aromatic rings. The molecule has 0 saturated heterocycles. The van der Waals surface area contributed by atoms with Crippen molar-refractivity contribution in [2.75, 3.05) is 0 Å². The third-order valence-electron chi connectivity index (χ3n) is 10.7. The van der Waals surface area contributed by atoms with Crippen LogP contribution in [0, 0.1) is 23.7 Å². The molecular weight excluding hydrogens is 607 g/mol. The number of hydrogen-bond acceptors (Lipinski definition) is 0. The van der Waals surface area contributed by atoms with E-state index in [1.807, 2.05) is 3.28 Å². The number of halogens is 2. The average Bonchev–Trinajstić information content (AvgIpc) is 3.78. The Hall–Kier alpha value is -1.27. The predicted molar refractivity (Wildman–Crippen MR) is 160 cm³/mol. The molecule has 0 bridgehead atoms. The van der Waals surface area contributed by atoms with Crippen LogP contribution in [-0.4, -0.2) is 3.21 Å². The van der Waals surface area contributed by atoms with Crippen molar-refractivity contribution in [1.29, 1.82) is 0 Å². The molecule has 0 heterocycles. The summed E-state index contributed by atoms with van der Waals surface area (Å²) in [5.41, 5.74) is 6.37. The first-order valence-corrected chi connectivity index (χ1v) is 19.3. The third kappa shape index (κ3) is 5.23. The summed E-state index contributed by atoms with van der Waals surface area (Å²) in [7, 11) is 0. The van der Waals surface area contributed by atoms with E-state index in [2.05, 4.69) is 95.9 Å². The quantitative estimate of drug-likeness (QED) is 0.376. The third-order valence-corrected chi connectivity index (χ3v) is 20.0. The second kappa shape index (κ2) is 12.9. The zero-order valence-corrected chi connectivity index (χ0v) is 28.0. The van der Waals surface area contributed by atoms with E-state index in [0.29, 0.717) is 3.63 Å². The Balaban J connectivity index is 0.00000161. The van der Waals surface area contributed by atoms with E-state index in [0.717, 1.165) is 23.7 Å². The predicted octanol–water partition coefficient (Wildman–Crippen LogP) is 4.20. The first-order valence-electron chi connectivity index (χ1n) is 15.4. The van der Waals surface area contributed by atoms with Crippen LogP contribution in [0.1, 0.15) is 86.4 Å². The number of rotatable bonds is 6. The van der Waals surface area contributed by atoms with Crippen molar-refractivity contribution >= 4 is 14.0 Å². The van der Waals surface area contributed by atoms with Gasteiger partial charge in [0.1, 0.15) is 0 Å². The van der Waals surface area contributed by atoms with Crippen LogP contribution in [0.2, 0.25) is 0 Å².